The summed E-state index contributed by atoms with van der Waals surface area (Å²) in [4.78, 5) is 4.94. The molecule has 2 fully saturated rings. The molecule has 16 heavy (non-hydrogen) atoms. The second kappa shape index (κ2) is 5.00. The Kier molecular flexibility index (Phi) is 3.85. The summed E-state index contributed by atoms with van der Waals surface area (Å²) in [7, 11) is 0. The van der Waals surface area contributed by atoms with Gasteiger partial charge < -0.3 is 15.1 Å². The minimum atomic E-state index is -0.345. The van der Waals surface area contributed by atoms with E-state index in [4.69, 9.17) is 0 Å². The molecule has 1 aliphatic heterocycles. The van der Waals surface area contributed by atoms with Crippen molar-refractivity contribution < 1.29 is 10.2 Å². The highest BCUT2D eigenvalue weighted by Crippen LogP contribution is 2.28. The van der Waals surface area contributed by atoms with Gasteiger partial charge in [0.1, 0.15) is 0 Å². The van der Waals surface area contributed by atoms with Crippen LogP contribution >= 0.6 is 0 Å². The van der Waals surface area contributed by atoms with Crippen LogP contribution in [0, 0.1) is 5.41 Å². The average molecular weight is 228 g/mol. The van der Waals surface area contributed by atoms with Gasteiger partial charge in [0.15, 0.2) is 0 Å². The molecule has 1 heterocycles. The lowest BCUT2D eigenvalue weighted by molar-refractivity contribution is 0.0179. The van der Waals surface area contributed by atoms with Crippen LogP contribution in [0.2, 0.25) is 0 Å². The molecule has 1 saturated carbocycles. The summed E-state index contributed by atoms with van der Waals surface area (Å²) in [6.07, 6.45) is 2.76. The van der Waals surface area contributed by atoms with E-state index in [0.29, 0.717) is 0 Å². The third kappa shape index (κ3) is 2.94. The van der Waals surface area contributed by atoms with Crippen LogP contribution < -0.4 is 0 Å². The molecule has 0 spiro atoms. The third-order valence-corrected chi connectivity index (χ3v) is 3.84. The zero-order valence-corrected chi connectivity index (χ0v) is 10.2. The summed E-state index contributed by atoms with van der Waals surface area (Å²) < 4.78 is 0. The first-order valence-electron chi connectivity index (χ1n) is 6.35. The van der Waals surface area contributed by atoms with Gasteiger partial charge in [0.2, 0.25) is 0 Å². The molecule has 1 aliphatic carbocycles. The van der Waals surface area contributed by atoms with Gasteiger partial charge in [-0.1, -0.05) is 6.92 Å². The highest BCUT2D eigenvalue weighted by Gasteiger charge is 2.33. The first-order chi connectivity index (χ1) is 7.67. The number of hydrogen-bond donors (Lipinski definition) is 2. The first-order valence-corrected chi connectivity index (χ1v) is 6.35. The molecule has 94 valence electrons. The number of piperazine rings is 1. The van der Waals surface area contributed by atoms with Crippen LogP contribution in [-0.2, 0) is 0 Å². The van der Waals surface area contributed by atoms with Crippen LogP contribution in [0.5, 0.6) is 0 Å². The number of rotatable bonds is 5. The number of hydrogen-bond acceptors (Lipinski definition) is 4. The zero-order chi connectivity index (χ0) is 11.6. The molecule has 0 aromatic heterocycles. The lowest BCUT2D eigenvalue weighted by atomic mass is 9.92. The Balaban J connectivity index is 1.75. The number of nitrogens with zero attached hydrogens (tertiary/aromatic N) is 2. The third-order valence-electron chi connectivity index (χ3n) is 3.84. The Labute approximate surface area is 97.9 Å². The summed E-state index contributed by atoms with van der Waals surface area (Å²) in [5, 5.41) is 18.5. The maximum atomic E-state index is 9.27. The Hall–Kier alpha value is -0.160. The molecule has 4 heteroatoms. The molecule has 2 N–H and O–H groups in total. The van der Waals surface area contributed by atoms with Crippen molar-refractivity contribution >= 4 is 0 Å². The Morgan fingerprint density at radius 2 is 1.62 bits per heavy atom. The molecule has 0 amide bonds. The molecule has 0 atom stereocenters. The molecule has 1 saturated heterocycles. The van der Waals surface area contributed by atoms with Crippen molar-refractivity contribution in [3.05, 3.63) is 0 Å². The van der Waals surface area contributed by atoms with E-state index in [-0.39, 0.29) is 18.6 Å². The van der Waals surface area contributed by atoms with Crippen LogP contribution in [0.4, 0.5) is 0 Å². The normalized spacial score (nSPS) is 24.9. The quantitative estimate of drug-likeness (QED) is 0.682. The Morgan fingerprint density at radius 1 is 1.06 bits per heavy atom. The fraction of sp³-hybridized carbons (Fsp3) is 1.00. The van der Waals surface area contributed by atoms with Gasteiger partial charge in [-0.25, -0.2) is 0 Å². The summed E-state index contributed by atoms with van der Waals surface area (Å²) in [6.45, 7) is 7.32. The van der Waals surface area contributed by atoms with E-state index in [1.165, 1.54) is 12.8 Å². The van der Waals surface area contributed by atoms with Crippen molar-refractivity contribution in [2.75, 3.05) is 45.9 Å². The second-order valence-electron chi connectivity index (χ2n) is 5.67. The van der Waals surface area contributed by atoms with Crippen LogP contribution in [0.1, 0.15) is 19.8 Å². The van der Waals surface area contributed by atoms with Crippen LogP contribution in [0.25, 0.3) is 0 Å². The lowest BCUT2D eigenvalue weighted by Crippen LogP contribution is -2.51. The van der Waals surface area contributed by atoms with Gasteiger partial charge in [-0.3, -0.25) is 4.90 Å². The minimum Gasteiger partial charge on any atom is -0.396 e. The number of aliphatic hydroxyl groups excluding tert-OH is 2. The van der Waals surface area contributed by atoms with Crippen molar-refractivity contribution in [3.8, 4) is 0 Å². The van der Waals surface area contributed by atoms with Crippen molar-refractivity contribution in [2.24, 2.45) is 5.41 Å². The first kappa shape index (κ1) is 12.3. The predicted octanol–water partition coefficient (Wildman–Crippen LogP) is -0.243. The van der Waals surface area contributed by atoms with E-state index in [2.05, 4.69) is 9.80 Å². The van der Waals surface area contributed by atoms with Crippen LogP contribution in [-0.4, -0.2) is 72.0 Å². The molecule has 2 rings (SSSR count). The molecule has 0 bridgehead atoms. The van der Waals surface area contributed by atoms with Crippen molar-refractivity contribution in [3.63, 3.8) is 0 Å². The van der Waals surface area contributed by atoms with E-state index < -0.39 is 0 Å². The molecular weight excluding hydrogens is 204 g/mol. The van der Waals surface area contributed by atoms with Crippen molar-refractivity contribution in [2.45, 2.75) is 25.8 Å². The van der Waals surface area contributed by atoms with E-state index in [1.807, 2.05) is 6.92 Å². The van der Waals surface area contributed by atoms with Gasteiger partial charge in [0.25, 0.3) is 0 Å². The molecule has 4 nitrogen and oxygen atoms in total. The fourth-order valence-electron chi connectivity index (χ4n) is 2.42. The van der Waals surface area contributed by atoms with Gasteiger partial charge in [-0.05, 0) is 12.8 Å². The molecule has 0 radical (unpaired) electrons. The average Bonchev–Trinajstić information content (AvgIpc) is 3.14. The van der Waals surface area contributed by atoms with Crippen LogP contribution in [0.15, 0.2) is 0 Å². The molecule has 0 aromatic rings. The van der Waals surface area contributed by atoms with Gasteiger partial charge in [-0.2, -0.15) is 0 Å². The lowest BCUT2D eigenvalue weighted by Gasteiger charge is -2.39. The molecule has 0 unspecified atom stereocenters. The standard InChI is InChI=1S/C12H24N2O2/c1-12(9-15,10-16)8-13-4-6-14(7-5-13)11-2-3-11/h11,15-16H,2-10H2,1H3. The van der Waals surface area contributed by atoms with Crippen molar-refractivity contribution in [1.82, 2.24) is 9.80 Å². The predicted molar refractivity (Wildman–Crippen MR) is 63.3 cm³/mol. The van der Waals surface area contributed by atoms with Gasteiger partial charge in [0, 0.05) is 44.2 Å². The van der Waals surface area contributed by atoms with E-state index >= 15 is 0 Å². The SMILES string of the molecule is CC(CO)(CO)CN1CCN(C2CC2)CC1. The summed E-state index contributed by atoms with van der Waals surface area (Å²) in [6, 6.07) is 0.865. The van der Waals surface area contributed by atoms with Gasteiger partial charge in [0.05, 0.1) is 13.2 Å². The van der Waals surface area contributed by atoms with Crippen LogP contribution in [0.3, 0.4) is 0 Å². The minimum absolute atomic E-state index is 0.0618. The Morgan fingerprint density at radius 3 is 2.06 bits per heavy atom. The largest absolute Gasteiger partial charge is 0.396 e. The maximum absolute atomic E-state index is 9.27. The van der Waals surface area contributed by atoms with Gasteiger partial charge >= 0.3 is 0 Å². The van der Waals surface area contributed by atoms with E-state index in [1.54, 1.807) is 0 Å². The monoisotopic (exact) mass is 228 g/mol. The molecule has 0 aromatic carbocycles. The highest BCUT2D eigenvalue weighted by molar-refractivity contribution is 4.88. The van der Waals surface area contributed by atoms with E-state index in [9.17, 15) is 10.2 Å². The molecular formula is C12H24N2O2. The summed E-state index contributed by atoms with van der Waals surface area (Å²) >= 11 is 0. The second-order valence-corrected chi connectivity index (χ2v) is 5.67. The summed E-state index contributed by atoms with van der Waals surface area (Å²) in [5.41, 5.74) is -0.345. The van der Waals surface area contributed by atoms with Crippen molar-refractivity contribution in [1.29, 1.82) is 0 Å². The van der Waals surface area contributed by atoms with Gasteiger partial charge in [-0.15, -0.1) is 0 Å². The maximum Gasteiger partial charge on any atom is 0.0519 e. The highest BCUT2D eigenvalue weighted by atomic mass is 16.3. The molecule has 2 aliphatic rings. The topological polar surface area (TPSA) is 46.9 Å². The zero-order valence-electron chi connectivity index (χ0n) is 10.2. The number of aliphatic hydroxyl groups is 2. The smallest absolute Gasteiger partial charge is 0.0519 e. The van der Waals surface area contributed by atoms with E-state index in [0.717, 1.165) is 38.8 Å². The summed E-state index contributed by atoms with van der Waals surface area (Å²) in [5.74, 6) is 0. The fourth-order valence-corrected chi connectivity index (χ4v) is 2.42. The Bertz CT molecular complexity index is 219.